The molecule has 2 fully saturated rings. The molecule has 4 N–H and O–H groups in total. The Labute approximate surface area is 629 Å². The Kier molecular flexibility index (Phi) is 30.3. The average Bonchev–Trinajstić information content (AvgIpc) is 1.62. The number of hydrogen-bond donors (Lipinski definition) is 4. The fourth-order valence-corrected chi connectivity index (χ4v) is 16.9. The molecule has 16 nitrogen and oxygen atoms in total. The summed E-state index contributed by atoms with van der Waals surface area (Å²) in [6, 6.07) is 79.5. The first-order chi connectivity index (χ1) is 49.4. The summed E-state index contributed by atoms with van der Waals surface area (Å²) in [5.41, 5.74) is 2.05. The van der Waals surface area contributed by atoms with E-state index in [1.54, 1.807) is 55.5 Å². The number of likely N-dealkylation sites (N-methyl/N-ethyl adjacent to an activating group) is 2. The van der Waals surface area contributed by atoms with Crippen molar-refractivity contribution in [2.45, 2.75) is 83.2 Å². The second-order valence-corrected chi connectivity index (χ2v) is 31.3. The minimum absolute atomic E-state index is 0. The number of likely N-dealkylation sites (tertiary alicyclic amines) is 2. The summed E-state index contributed by atoms with van der Waals surface area (Å²) in [4.78, 5) is 50.3. The molecule has 0 bridgehead atoms. The van der Waals surface area contributed by atoms with Gasteiger partial charge < -0.3 is 39.7 Å². The first kappa shape index (κ1) is 80.3. The summed E-state index contributed by atoms with van der Waals surface area (Å²) in [7, 11) is 12.0. The zero-order valence-electron chi connectivity index (χ0n) is 56.5. The Morgan fingerprint density at radius 2 is 0.883 bits per heavy atom. The van der Waals surface area contributed by atoms with Crippen LogP contribution in [0.3, 0.4) is 0 Å². The minimum atomic E-state index is -1.67. The number of benzene rings is 8. The van der Waals surface area contributed by atoms with Crippen LogP contribution < -0.4 is 31.8 Å². The number of nitrogens with zero attached hydrogens (tertiary/aromatic N) is 6. The summed E-state index contributed by atoms with van der Waals surface area (Å²) < 4.78 is 14.4. The van der Waals surface area contributed by atoms with E-state index >= 15 is 0 Å². The molecule has 2 aliphatic carbocycles. The number of aliphatic hydroxyl groups is 4. The van der Waals surface area contributed by atoms with Crippen molar-refractivity contribution < 1.29 is 65.0 Å². The summed E-state index contributed by atoms with van der Waals surface area (Å²) in [5.74, 6) is 5.87. The minimum Gasteiger partial charge on any atom is -0.0622 e. The van der Waals surface area contributed by atoms with Gasteiger partial charge in [-0.25, -0.2) is 19.0 Å². The van der Waals surface area contributed by atoms with Gasteiger partial charge in [-0.15, -0.1) is 6.42 Å². The maximum Gasteiger partial charge on any atom is -0.0134 e. The van der Waals surface area contributed by atoms with Gasteiger partial charge in [0.15, 0.2) is 11.4 Å². The van der Waals surface area contributed by atoms with Crippen molar-refractivity contribution in [3.8, 4) is 35.6 Å². The van der Waals surface area contributed by atoms with E-state index in [9.17, 15) is 39.6 Å². The second kappa shape index (κ2) is 38.9. The van der Waals surface area contributed by atoms with Gasteiger partial charge in [-0.2, -0.15) is 10.2 Å². The second-order valence-electron chi connectivity index (χ2n) is 23.6. The average molecular weight is 1620 g/mol. The standard InChI is InChI=1S/C22H23N3O5.2C18H15P.C15H15BrN2O3.C7H9NO2.CH4.2ClH.Pd/c1-3-30-20(27)19-18-16(7-8-17(18)26)25(23-19)15-6-4-5-14(13-15)9-10-22(29)11-12-24(2)21(22)28;2*1-4-10-16(11-5-1)19(17-12-6-2-7-13-17)18-14-8-3-9-15-18;1-2-21-15(20)14-13-11(6-7-12(13)19)18(17-14)10-5-3-4-9(16)8-10;1-3-7(10)4-5-8(2)6(7)9;;;;/h4-6,13,17,26,29H,3,7-8,11-12H2,1-2H3;2*1-15H;3-5,8,12,19H,2,6-7H2,1H3;1,10H,4-5H2,2H3;1H4;2*1H;/q;;;;;;;;+2/p-2/t17?,22-;;;;7-;;;;/m0...0..../s1. The van der Waals surface area contributed by atoms with Crippen LogP contribution in [0.5, 0.6) is 0 Å². The summed E-state index contributed by atoms with van der Waals surface area (Å²) in [6.45, 7) is 4.97. The van der Waals surface area contributed by atoms with Crippen LogP contribution in [0.4, 0.5) is 0 Å². The molecule has 4 aliphatic rings. The number of hydrogen-bond acceptors (Lipinski definition) is 12. The van der Waals surface area contributed by atoms with Crippen LogP contribution >= 0.6 is 50.8 Å². The number of amides is 2. The number of carbonyl (C=O) groups excluding carboxylic acids is 4. The Bertz CT molecular complexity index is 4250. The van der Waals surface area contributed by atoms with Gasteiger partial charge in [0.2, 0.25) is 11.2 Å². The van der Waals surface area contributed by atoms with Crippen molar-refractivity contribution in [2.75, 3.05) is 40.4 Å². The zero-order chi connectivity index (χ0) is 72.8. The fourth-order valence-electron chi connectivity index (χ4n) is 11.9. The fraction of sp³-hybridized carbons (Fsp3) is 0.235. The molecule has 0 radical (unpaired) electrons. The number of fused-ring (bicyclic) bond motifs is 2. The molecule has 4 atom stereocenters. The van der Waals surface area contributed by atoms with Gasteiger partial charge in [-0.3, -0.25) is 9.59 Å². The van der Waals surface area contributed by atoms with Crippen molar-refractivity contribution in [3.05, 3.63) is 274 Å². The molecule has 2 unspecified atom stereocenters. The van der Waals surface area contributed by atoms with Crippen molar-refractivity contribution in [2.24, 2.45) is 0 Å². The third-order valence-electron chi connectivity index (χ3n) is 16.9. The van der Waals surface area contributed by atoms with E-state index in [1.807, 2.05) is 30.3 Å². The Morgan fingerprint density at radius 1 is 0.553 bits per heavy atom. The van der Waals surface area contributed by atoms with Gasteiger partial charge in [0.05, 0.1) is 48.2 Å². The van der Waals surface area contributed by atoms with Gasteiger partial charge in [-0.1, -0.05) is 235 Å². The number of ether oxygens (including phenoxy) is 2. The van der Waals surface area contributed by atoms with E-state index in [1.165, 1.54) is 41.6 Å². The summed E-state index contributed by atoms with van der Waals surface area (Å²) >= 11 is 3.32. The van der Waals surface area contributed by atoms with E-state index < -0.39 is 57.1 Å². The molecule has 14 rings (SSSR count). The number of aliphatic hydroxyl groups excluding tert-OH is 2. The first-order valence-corrected chi connectivity index (χ1v) is 40.3. The molecule has 0 spiro atoms. The van der Waals surface area contributed by atoms with Crippen LogP contribution in [0.1, 0.15) is 108 Å². The van der Waals surface area contributed by atoms with Crippen LogP contribution in [-0.2, 0) is 47.8 Å². The summed E-state index contributed by atoms with van der Waals surface area (Å²) in [6.07, 6.45) is 6.57. The van der Waals surface area contributed by atoms with Gasteiger partial charge in [0, 0.05) is 61.2 Å². The molecule has 0 saturated carbocycles. The van der Waals surface area contributed by atoms with Gasteiger partial charge in [0.1, 0.15) is 0 Å². The maximum atomic E-state index is 12.3. The number of esters is 2. The Balaban J connectivity index is 0.000000166. The van der Waals surface area contributed by atoms with Crippen LogP contribution in [0, 0.1) is 24.2 Å². The predicted octanol–water partition coefficient (Wildman–Crippen LogP) is 11.9. The molecule has 2 aromatic heterocycles. The molecule has 536 valence electrons. The largest absolute Gasteiger partial charge is 0.0622 e. The topological polar surface area (TPSA) is 210 Å². The van der Waals surface area contributed by atoms with Crippen LogP contribution in [0.25, 0.3) is 11.4 Å². The molecule has 22 heteroatoms. The Morgan fingerprint density at radius 3 is 1.18 bits per heavy atom. The van der Waals surface area contributed by atoms with Crippen molar-refractivity contribution in [3.63, 3.8) is 0 Å². The van der Waals surface area contributed by atoms with E-state index in [-0.39, 0.29) is 60.3 Å². The SMILES string of the molecule is C.C#C[C@]1(O)CCN(C)C1=O.CCOC(=O)c1nn(-c2cccc(Br)c2)c2c1C(O)CC2.CCOC(=O)c1nn(-c2cccc(C#C[C@]3(O)CCN(C)C3=O)c2)c2c1C(O)CC2.[Cl][Pd][Cl].c1ccc(P(c2ccccc2)c2ccccc2)cc1.c1ccc(P(c2ccccc2)c2ccccc2)cc1. The normalized spacial score (nSPS) is 17.3. The molecule has 103 heavy (non-hydrogen) atoms. The number of carbonyl (C=O) groups is 4. The van der Waals surface area contributed by atoms with Gasteiger partial charge >= 0.3 is 46.9 Å². The number of rotatable bonds is 12. The van der Waals surface area contributed by atoms with Crippen molar-refractivity contribution in [1.29, 1.82) is 0 Å². The van der Waals surface area contributed by atoms with E-state index in [0.717, 1.165) is 21.5 Å². The smallest absolute Gasteiger partial charge is 0.0134 e. The van der Waals surface area contributed by atoms with Crippen molar-refractivity contribution >= 4 is 106 Å². The van der Waals surface area contributed by atoms with Crippen LogP contribution in [-0.4, -0.2) is 125 Å². The zero-order valence-corrected chi connectivity index (χ0v) is 62.9. The molecule has 2 saturated heterocycles. The number of halogens is 3. The van der Waals surface area contributed by atoms with Crippen LogP contribution in [0.15, 0.2) is 235 Å². The molecular weight excluding hydrogens is 1540 g/mol. The monoisotopic (exact) mass is 1610 g/mol. The van der Waals surface area contributed by atoms with Crippen LogP contribution in [0.2, 0.25) is 0 Å². The van der Waals surface area contributed by atoms with Gasteiger partial charge in [-0.05, 0) is 124 Å². The molecule has 2 amide bonds. The van der Waals surface area contributed by atoms with Gasteiger partial charge in [0.25, 0.3) is 11.8 Å². The molecule has 4 heterocycles. The third kappa shape index (κ3) is 20.3. The number of terminal acetylenes is 1. The Hall–Kier alpha value is -8.40. The van der Waals surface area contributed by atoms with E-state index in [2.05, 4.69) is 226 Å². The number of aromatic nitrogens is 4. The summed E-state index contributed by atoms with van der Waals surface area (Å²) in [5, 5.41) is 57.4. The molecule has 8 aromatic carbocycles. The third-order valence-corrected chi connectivity index (χ3v) is 22.2. The molecular formula is C81H81BrCl2N6O10P2Pd. The molecule has 2 aliphatic heterocycles. The predicted molar refractivity (Wildman–Crippen MR) is 412 cm³/mol. The quantitative estimate of drug-likeness (QED) is 0.0390. The van der Waals surface area contributed by atoms with Crippen molar-refractivity contribution in [1.82, 2.24) is 29.4 Å². The van der Waals surface area contributed by atoms with E-state index in [0.29, 0.717) is 67.6 Å². The molecule has 10 aromatic rings. The van der Waals surface area contributed by atoms with E-state index in [4.69, 9.17) is 35.0 Å². The first-order valence-electron chi connectivity index (χ1n) is 32.9. The maximum absolute atomic E-state index is 12.3.